The fourth-order valence-corrected chi connectivity index (χ4v) is 19.0. The molecule has 4 saturated carbocycles. The van der Waals surface area contributed by atoms with Gasteiger partial charge in [0, 0.05) is 41.4 Å². The van der Waals surface area contributed by atoms with Crippen molar-refractivity contribution in [1.82, 2.24) is 9.97 Å². The molecule has 12 aliphatic rings. The predicted octanol–water partition coefficient (Wildman–Crippen LogP) is 6.33. The van der Waals surface area contributed by atoms with Crippen LogP contribution < -0.4 is 0 Å². The van der Waals surface area contributed by atoms with Crippen LogP contribution in [0.1, 0.15) is 142 Å². The molecule has 4 aliphatic heterocycles. The Morgan fingerprint density at radius 1 is 0.615 bits per heavy atom. The van der Waals surface area contributed by atoms with Gasteiger partial charge in [-0.25, -0.2) is 0 Å². The standard InChI is InChI=1S/C54H76N2O9/c1-27-45-41(64-52(27)15-13-46(3,59)25-62-52)19-35-31-11-9-29-17-37-39(23-48(29,5)33(31)20-42(57)50(35,45)7)55-38-18-30-10-12-32-34(49(30,6)24-40(38)56-37)21-43(58)51(8)36(32)22-44-54(51,61)28(2)53(65-44)16-14-47(4,60)26-63-53/h19,22,27-34,41-45,57-61H,9-18,20-21,23-26H2,1-8H3/t27-,28+,29+,30-,31-,32+,33-,34-,41+,42-,43-,44+,45+,46+,47-,48+,49+,50+,51+,52-,53+,54+/m0/s1. The summed E-state index contributed by atoms with van der Waals surface area (Å²) in [7, 11) is 0. The van der Waals surface area contributed by atoms with Gasteiger partial charge in [-0.1, -0.05) is 64.8 Å². The Kier molecular flexibility index (Phi) is 8.73. The summed E-state index contributed by atoms with van der Waals surface area (Å²) in [5.74, 6) is 0.408. The van der Waals surface area contributed by atoms with E-state index in [1.54, 1.807) is 6.92 Å². The van der Waals surface area contributed by atoms with Crippen molar-refractivity contribution in [3.05, 3.63) is 46.1 Å². The van der Waals surface area contributed by atoms with E-state index in [1.807, 2.05) is 13.8 Å². The molecule has 5 N–H and O–H groups in total. The van der Waals surface area contributed by atoms with Crippen LogP contribution in [0.3, 0.4) is 0 Å². The minimum atomic E-state index is -1.31. The van der Waals surface area contributed by atoms with Crippen molar-refractivity contribution < 1.29 is 44.5 Å². The van der Waals surface area contributed by atoms with E-state index in [4.69, 9.17) is 28.9 Å². The van der Waals surface area contributed by atoms with Gasteiger partial charge in [-0.05, 0) is 137 Å². The van der Waals surface area contributed by atoms with Crippen LogP contribution in [0, 0.1) is 74.9 Å². The summed E-state index contributed by atoms with van der Waals surface area (Å²) in [5.41, 5.74) is 3.00. The van der Waals surface area contributed by atoms with Crippen LogP contribution >= 0.6 is 0 Å². The van der Waals surface area contributed by atoms with Gasteiger partial charge in [0.25, 0.3) is 0 Å². The number of aromatic nitrogens is 2. The van der Waals surface area contributed by atoms with E-state index in [9.17, 15) is 25.5 Å². The first-order valence-electron chi connectivity index (χ1n) is 26.0. The third kappa shape index (κ3) is 5.25. The van der Waals surface area contributed by atoms with Gasteiger partial charge < -0.3 is 44.5 Å². The quantitative estimate of drug-likeness (QED) is 0.185. The third-order valence-electron chi connectivity index (χ3n) is 23.2. The Labute approximate surface area is 385 Å². The second-order valence-electron chi connectivity index (χ2n) is 26.2. The molecule has 0 radical (unpaired) electrons. The maximum absolute atomic E-state index is 12.9. The van der Waals surface area contributed by atoms with E-state index >= 15 is 0 Å². The smallest absolute Gasteiger partial charge is 0.174 e. The zero-order valence-corrected chi connectivity index (χ0v) is 40.2. The van der Waals surface area contributed by atoms with Crippen LogP contribution in [0.5, 0.6) is 0 Å². The molecule has 1 aromatic heterocycles. The molecule has 2 spiro atoms. The summed E-state index contributed by atoms with van der Waals surface area (Å²) in [6, 6.07) is 0. The lowest BCUT2D eigenvalue weighted by atomic mass is 9.44. The first-order valence-corrected chi connectivity index (χ1v) is 26.0. The Bertz CT molecular complexity index is 2270. The molecule has 356 valence electrons. The highest BCUT2D eigenvalue weighted by Gasteiger charge is 2.77. The summed E-state index contributed by atoms with van der Waals surface area (Å²) >= 11 is 0. The average Bonchev–Trinajstić information content (AvgIpc) is 3.86. The second kappa shape index (κ2) is 13.1. The highest BCUT2D eigenvalue weighted by Crippen LogP contribution is 2.72. The van der Waals surface area contributed by atoms with Crippen LogP contribution in [0.4, 0.5) is 0 Å². The molecule has 11 nitrogen and oxygen atoms in total. The lowest BCUT2D eigenvalue weighted by Gasteiger charge is -2.61. The Hall–Kier alpha value is -1.80. The minimum absolute atomic E-state index is 0.0122. The van der Waals surface area contributed by atoms with Crippen molar-refractivity contribution in [2.75, 3.05) is 13.2 Å². The molecule has 8 aliphatic carbocycles. The van der Waals surface area contributed by atoms with Crippen molar-refractivity contribution in [1.29, 1.82) is 0 Å². The van der Waals surface area contributed by atoms with Gasteiger partial charge >= 0.3 is 0 Å². The summed E-state index contributed by atoms with van der Waals surface area (Å²) < 4.78 is 26.4. The number of fused-ring (bicyclic) bond motifs is 16. The molecular formula is C54H76N2O9. The zero-order valence-electron chi connectivity index (χ0n) is 40.2. The van der Waals surface area contributed by atoms with Gasteiger partial charge in [0.05, 0.1) is 65.5 Å². The fraction of sp³-hybridized carbons (Fsp3) is 0.852. The van der Waals surface area contributed by atoms with Gasteiger partial charge in [0.15, 0.2) is 11.6 Å². The van der Waals surface area contributed by atoms with E-state index in [0.29, 0.717) is 55.8 Å². The first-order chi connectivity index (χ1) is 30.5. The molecule has 0 amide bonds. The minimum Gasteiger partial charge on any atom is -0.392 e. The van der Waals surface area contributed by atoms with Gasteiger partial charge in [0.2, 0.25) is 0 Å². The Balaban J connectivity index is 0.760. The van der Waals surface area contributed by atoms with Crippen LogP contribution in [0.15, 0.2) is 23.3 Å². The molecule has 11 heteroatoms. The number of nitrogens with zero attached hydrogens (tertiary/aromatic N) is 2. The molecule has 5 heterocycles. The van der Waals surface area contributed by atoms with Crippen molar-refractivity contribution in [2.24, 2.45) is 74.9 Å². The number of hydrogen-bond donors (Lipinski definition) is 5. The van der Waals surface area contributed by atoms with Crippen LogP contribution in [0.2, 0.25) is 0 Å². The molecule has 22 atom stereocenters. The molecule has 0 bridgehead atoms. The van der Waals surface area contributed by atoms with Gasteiger partial charge in [-0.15, -0.1) is 0 Å². The van der Waals surface area contributed by atoms with Crippen molar-refractivity contribution in [3.8, 4) is 0 Å². The van der Waals surface area contributed by atoms with Gasteiger partial charge in [-0.3, -0.25) is 9.97 Å². The molecular weight excluding hydrogens is 821 g/mol. The molecule has 65 heavy (non-hydrogen) atoms. The van der Waals surface area contributed by atoms with E-state index in [2.05, 4.69) is 46.8 Å². The maximum Gasteiger partial charge on any atom is 0.174 e. The highest BCUT2D eigenvalue weighted by molar-refractivity contribution is 5.43. The van der Waals surface area contributed by atoms with Crippen LogP contribution in [-0.2, 0) is 44.6 Å². The topological polar surface area (TPSA) is 164 Å². The van der Waals surface area contributed by atoms with Crippen molar-refractivity contribution in [3.63, 3.8) is 0 Å². The Morgan fingerprint density at radius 3 is 1.71 bits per heavy atom. The maximum atomic E-state index is 12.9. The normalized spacial score (nSPS) is 59.1. The SMILES string of the molecule is C[C@@H]1[C@@]2(CC[C@](C)(O)CO2)O[C@@H]2C=C3[C@@H]4CC[C@H]5Cc6nc7c(nc6C[C@@]5(C)[C@H]4C[C@H](O)[C@]3(C)[C@@]12O)C[C@H]1CC[C@@H]2C3=C[C@H]4O[C@@]5(CC[C@@](C)(O)CO5)[C@@H](C)[C@H]4[C@@]3(C)[C@@H](O)C[C@@H]2[C@]1(C)C7. The number of ether oxygens (including phenoxy) is 4. The van der Waals surface area contributed by atoms with Gasteiger partial charge in [-0.2, -0.15) is 0 Å². The fourth-order valence-electron chi connectivity index (χ4n) is 19.0. The number of hydrogen-bond acceptors (Lipinski definition) is 11. The Morgan fingerprint density at radius 2 is 1.15 bits per heavy atom. The molecule has 4 saturated heterocycles. The molecule has 8 fully saturated rings. The number of aliphatic hydroxyl groups excluding tert-OH is 2. The molecule has 13 rings (SSSR count). The molecule has 0 unspecified atom stereocenters. The lowest BCUT2D eigenvalue weighted by molar-refractivity contribution is -0.289. The summed E-state index contributed by atoms with van der Waals surface area (Å²) in [6.07, 6.45) is 14.6. The molecule has 0 aromatic carbocycles. The largest absolute Gasteiger partial charge is 0.392 e. The molecule has 1 aromatic rings. The zero-order chi connectivity index (χ0) is 45.4. The lowest BCUT2D eigenvalue weighted by Crippen LogP contribution is -2.64. The van der Waals surface area contributed by atoms with Crippen molar-refractivity contribution >= 4 is 0 Å². The second-order valence-corrected chi connectivity index (χ2v) is 26.2. The number of aliphatic hydroxyl groups is 5. The number of rotatable bonds is 0. The van der Waals surface area contributed by atoms with Crippen molar-refractivity contribution in [2.45, 2.75) is 198 Å². The summed E-state index contributed by atoms with van der Waals surface area (Å²) in [4.78, 5) is 11.2. The third-order valence-corrected chi connectivity index (χ3v) is 23.2. The van der Waals surface area contributed by atoms with Gasteiger partial charge in [0.1, 0.15) is 11.7 Å². The predicted molar refractivity (Wildman–Crippen MR) is 240 cm³/mol. The van der Waals surface area contributed by atoms with Crippen LogP contribution in [0.25, 0.3) is 0 Å². The van der Waals surface area contributed by atoms with E-state index < -0.39 is 52.1 Å². The first kappa shape index (κ1) is 43.2. The van der Waals surface area contributed by atoms with E-state index in [0.717, 1.165) is 63.5 Å². The summed E-state index contributed by atoms with van der Waals surface area (Å²) in [5, 5.41) is 59.2. The van der Waals surface area contributed by atoms with E-state index in [-0.39, 0.29) is 65.2 Å². The highest BCUT2D eigenvalue weighted by atomic mass is 16.7. The average molecular weight is 897 g/mol. The van der Waals surface area contributed by atoms with Crippen LogP contribution in [-0.4, -0.2) is 102 Å². The van der Waals surface area contributed by atoms with E-state index in [1.165, 1.54) is 28.2 Å². The monoisotopic (exact) mass is 897 g/mol. The summed E-state index contributed by atoms with van der Waals surface area (Å²) in [6.45, 7) is 17.8.